The van der Waals surface area contributed by atoms with Crippen molar-refractivity contribution in [1.82, 2.24) is 20.6 Å². The van der Waals surface area contributed by atoms with E-state index in [0.29, 0.717) is 23.1 Å². The number of hydrogen-bond donors (Lipinski definition) is 4. The molecule has 0 saturated heterocycles. The van der Waals surface area contributed by atoms with Gasteiger partial charge in [-0.3, -0.25) is 9.59 Å². The second kappa shape index (κ2) is 15.6. The lowest BCUT2D eigenvalue weighted by atomic mass is 10.2. The molecule has 0 aliphatic heterocycles. The molecule has 2 aromatic heterocycles. The Morgan fingerprint density at radius 2 is 1.05 bits per heavy atom. The van der Waals surface area contributed by atoms with Gasteiger partial charge in [0.1, 0.15) is 46.0 Å². The highest BCUT2D eigenvalue weighted by Gasteiger charge is 2.13. The molecule has 194 valence electrons. The molecule has 0 aliphatic carbocycles. The first-order chi connectivity index (χ1) is 18.3. The van der Waals surface area contributed by atoms with E-state index < -0.39 is 0 Å². The van der Waals surface area contributed by atoms with Gasteiger partial charge in [-0.25, -0.2) is 9.97 Å². The smallest absolute Gasteiger partial charge is 0.230 e. The molecule has 2 aromatic rings. The minimum absolute atomic E-state index is 0.0194. The van der Waals surface area contributed by atoms with Crippen molar-refractivity contribution in [3.05, 3.63) is 34.4 Å². The molecule has 0 fully saturated rings. The van der Waals surface area contributed by atoms with Gasteiger partial charge in [-0.1, -0.05) is 36.4 Å². The summed E-state index contributed by atoms with van der Waals surface area (Å²) in [6, 6.07) is 10.4. The van der Waals surface area contributed by atoms with Gasteiger partial charge >= 0.3 is 0 Å². The number of nitrogen functional groups attached to an aromatic ring is 2. The van der Waals surface area contributed by atoms with Gasteiger partial charge in [-0.05, 0) is 25.0 Å². The molecule has 12 nitrogen and oxygen atoms in total. The molecule has 0 bridgehead atoms. The molecule has 0 radical (unpaired) electrons. The quantitative estimate of drug-likeness (QED) is 0.207. The average Bonchev–Trinajstić information content (AvgIpc) is 2.92. The van der Waals surface area contributed by atoms with Crippen LogP contribution in [-0.4, -0.2) is 46.4 Å². The molecule has 2 rings (SSSR count). The number of hydrogen-bond acceptors (Lipinski definition) is 12. The topological polar surface area (TPSA) is 231 Å². The number of nitrogens with zero attached hydrogens (tertiary/aromatic N) is 6. The van der Waals surface area contributed by atoms with Gasteiger partial charge in [-0.2, -0.15) is 21.0 Å². The molecule has 0 saturated carbocycles. The summed E-state index contributed by atoms with van der Waals surface area (Å²) in [6.45, 7) is 0.997. The minimum atomic E-state index is -0.202. The molecule has 0 unspecified atom stereocenters. The summed E-state index contributed by atoms with van der Waals surface area (Å²) in [5.41, 5.74) is 12.0. The molecular formula is C24H24N10O2S2. The van der Waals surface area contributed by atoms with E-state index in [4.69, 9.17) is 22.0 Å². The van der Waals surface area contributed by atoms with Gasteiger partial charge in [0.2, 0.25) is 11.8 Å². The third-order valence-corrected chi connectivity index (χ3v) is 6.93. The van der Waals surface area contributed by atoms with E-state index in [-0.39, 0.29) is 57.2 Å². The van der Waals surface area contributed by atoms with Crippen LogP contribution in [0.5, 0.6) is 0 Å². The third-order valence-electron chi connectivity index (χ3n) is 4.94. The number of pyridine rings is 2. The lowest BCUT2D eigenvalue weighted by molar-refractivity contribution is -0.119. The number of carbonyl (C=O) groups excluding carboxylic acids is 2. The molecule has 2 amide bonds. The van der Waals surface area contributed by atoms with Crippen LogP contribution in [-0.2, 0) is 9.59 Å². The number of unbranched alkanes of at least 4 members (excludes halogenated alkanes) is 3. The number of nitriles is 4. The molecule has 0 aliphatic rings. The fourth-order valence-corrected chi connectivity index (χ4v) is 4.59. The monoisotopic (exact) mass is 548 g/mol. The van der Waals surface area contributed by atoms with Crippen LogP contribution in [0.15, 0.2) is 22.2 Å². The van der Waals surface area contributed by atoms with Crippen molar-refractivity contribution in [2.45, 2.75) is 35.7 Å². The zero-order chi connectivity index (χ0) is 27.9. The van der Waals surface area contributed by atoms with Gasteiger partial charge in [0.05, 0.1) is 33.8 Å². The number of nitrogens with one attached hydrogen (secondary N) is 2. The Hall–Kier alpha value is -4.50. The summed E-state index contributed by atoms with van der Waals surface area (Å²) in [6.07, 6.45) is 3.28. The SMILES string of the molecule is N#Cc1cc(C#N)c(SCC(=O)NCCCCCCNC(=O)CSc2nc(N)c(C#N)cc2C#N)nc1N. The van der Waals surface area contributed by atoms with Crippen molar-refractivity contribution in [2.24, 2.45) is 0 Å². The first kappa shape index (κ1) is 29.7. The van der Waals surface area contributed by atoms with Crippen molar-refractivity contribution >= 4 is 47.0 Å². The molecule has 6 N–H and O–H groups in total. The van der Waals surface area contributed by atoms with Crippen LogP contribution in [0, 0.1) is 45.3 Å². The van der Waals surface area contributed by atoms with E-state index >= 15 is 0 Å². The number of thioether (sulfide) groups is 2. The maximum absolute atomic E-state index is 12.1. The Morgan fingerprint density at radius 3 is 1.39 bits per heavy atom. The molecular weight excluding hydrogens is 524 g/mol. The van der Waals surface area contributed by atoms with E-state index in [1.54, 1.807) is 0 Å². The Kier molecular flexibility index (Phi) is 12.2. The van der Waals surface area contributed by atoms with Gasteiger partial charge in [0, 0.05) is 13.1 Å². The van der Waals surface area contributed by atoms with Crippen LogP contribution in [0.25, 0.3) is 0 Å². The first-order valence-electron chi connectivity index (χ1n) is 11.3. The van der Waals surface area contributed by atoms with Crippen molar-refractivity contribution in [1.29, 1.82) is 21.0 Å². The van der Waals surface area contributed by atoms with E-state index in [9.17, 15) is 20.1 Å². The normalized spacial score (nSPS) is 9.89. The minimum Gasteiger partial charge on any atom is -0.383 e. The molecule has 2 heterocycles. The number of anilines is 2. The van der Waals surface area contributed by atoms with Gasteiger partial charge in [0.25, 0.3) is 0 Å². The molecule has 0 atom stereocenters. The highest BCUT2D eigenvalue weighted by atomic mass is 32.2. The molecule has 38 heavy (non-hydrogen) atoms. The Labute approximate surface area is 228 Å². The van der Waals surface area contributed by atoms with Gasteiger partial charge in [0.15, 0.2) is 0 Å². The summed E-state index contributed by atoms with van der Waals surface area (Å²) >= 11 is 2.16. The summed E-state index contributed by atoms with van der Waals surface area (Å²) in [7, 11) is 0. The zero-order valence-corrected chi connectivity index (χ0v) is 21.9. The van der Waals surface area contributed by atoms with E-state index in [1.807, 2.05) is 24.3 Å². The molecule has 0 spiro atoms. The summed E-state index contributed by atoms with van der Waals surface area (Å²) in [5, 5.41) is 42.6. The number of nitrogens with two attached hydrogens (primary N) is 2. The predicted molar refractivity (Wildman–Crippen MR) is 142 cm³/mol. The van der Waals surface area contributed by atoms with E-state index in [2.05, 4.69) is 20.6 Å². The number of aromatic nitrogens is 2. The Balaban J connectivity index is 1.58. The maximum atomic E-state index is 12.1. The standard InChI is InChI=1S/C24H24N10O2S2/c25-9-15-7-17(11-27)23(33-21(15)29)37-13-19(35)31-5-3-1-2-4-6-32-20(36)14-38-24-18(12-28)8-16(10-26)22(30)34-24/h7-8H,1-6,13-14H2,(H2,29,33)(H2,30,34)(H,31,35)(H,32,36). The second-order valence-electron chi connectivity index (χ2n) is 7.69. The van der Waals surface area contributed by atoms with Crippen LogP contribution in [0.3, 0.4) is 0 Å². The van der Waals surface area contributed by atoms with Crippen LogP contribution < -0.4 is 22.1 Å². The highest BCUT2D eigenvalue weighted by molar-refractivity contribution is 8.00. The van der Waals surface area contributed by atoms with Crippen molar-refractivity contribution in [3.8, 4) is 24.3 Å². The number of rotatable bonds is 13. The van der Waals surface area contributed by atoms with Crippen molar-refractivity contribution in [3.63, 3.8) is 0 Å². The van der Waals surface area contributed by atoms with Gasteiger partial charge in [-0.15, -0.1) is 0 Å². The van der Waals surface area contributed by atoms with Crippen LogP contribution in [0.2, 0.25) is 0 Å². The fraction of sp³-hybridized carbons (Fsp3) is 0.333. The largest absolute Gasteiger partial charge is 0.383 e. The van der Waals surface area contributed by atoms with Crippen LogP contribution >= 0.6 is 23.5 Å². The second-order valence-corrected chi connectivity index (χ2v) is 9.61. The maximum Gasteiger partial charge on any atom is 0.230 e. The Bertz CT molecular complexity index is 1250. The first-order valence-corrected chi connectivity index (χ1v) is 13.3. The predicted octanol–water partition coefficient (Wildman–Crippen LogP) is 1.80. The fourth-order valence-electron chi connectivity index (χ4n) is 3.01. The summed E-state index contributed by atoms with van der Waals surface area (Å²) in [4.78, 5) is 32.2. The average molecular weight is 549 g/mol. The lowest BCUT2D eigenvalue weighted by Gasteiger charge is -2.08. The van der Waals surface area contributed by atoms with Crippen LogP contribution in [0.1, 0.15) is 47.9 Å². The third kappa shape index (κ3) is 9.18. The lowest BCUT2D eigenvalue weighted by Crippen LogP contribution is -2.27. The molecule has 14 heteroatoms. The van der Waals surface area contributed by atoms with Gasteiger partial charge < -0.3 is 22.1 Å². The van der Waals surface area contributed by atoms with E-state index in [0.717, 1.165) is 49.2 Å². The van der Waals surface area contributed by atoms with Crippen molar-refractivity contribution < 1.29 is 9.59 Å². The molecule has 0 aromatic carbocycles. The zero-order valence-electron chi connectivity index (χ0n) is 20.3. The highest BCUT2D eigenvalue weighted by Crippen LogP contribution is 2.24. The summed E-state index contributed by atoms with van der Waals surface area (Å²) < 4.78 is 0. The van der Waals surface area contributed by atoms with E-state index in [1.165, 1.54) is 12.1 Å². The Morgan fingerprint density at radius 1 is 0.684 bits per heavy atom. The van der Waals surface area contributed by atoms with Crippen LogP contribution in [0.4, 0.5) is 11.6 Å². The number of carbonyl (C=O) groups is 2. The van der Waals surface area contributed by atoms with Crippen molar-refractivity contribution in [2.75, 3.05) is 36.1 Å². The number of amides is 2. The summed E-state index contributed by atoms with van der Waals surface area (Å²) in [5.74, 6) is -0.232.